The summed E-state index contributed by atoms with van der Waals surface area (Å²) < 4.78 is 2.00. The van der Waals surface area contributed by atoms with Crippen molar-refractivity contribution >= 4 is 40.7 Å². The van der Waals surface area contributed by atoms with Crippen LogP contribution in [0.1, 0.15) is 17.3 Å². The molecule has 0 aliphatic rings. The van der Waals surface area contributed by atoms with Crippen molar-refractivity contribution in [3.05, 3.63) is 64.1 Å². The van der Waals surface area contributed by atoms with Crippen LogP contribution in [-0.2, 0) is 6.54 Å². The predicted octanol–water partition coefficient (Wildman–Crippen LogP) is 5.25. The summed E-state index contributed by atoms with van der Waals surface area (Å²) in [6.07, 6.45) is 0. The standard InChI is InChI=1S/C18H15Cl2N3OS/c1-2-23-17(12-6-4-3-5-7-12)21-22-18(23)25-11-16(24)14-9-8-13(19)10-15(14)20/h3-10H,2,11H2,1H3. The fraction of sp³-hybridized carbons (Fsp3) is 0.167. The lowest BCUT2D eigenvalue weighted by molar-refractivity contribution is 0.102. The van der Waals surface area contributed by atoms with Gasteiger partial charge in [-0.05, 0) is 25.1 Å². The number of Topliss-reactive ketones (excluding diaryl/α,β-unsaturated/α-hetero) is 1. The SMILES string of the molecule is CCn1c(SCC(=O)c2ccc(Cl)cc2Cl)nnc1-c1ccccc1. The number of carbonyl (C=O) groups is 1. The molecule has 0 aliphatic heterocycles. The summed E-state index contributed by atoms with van der Waals surface area (Å²) in [6, 6.07) is 14.7. The molecule has 0 fully saturated rings. The first-order chi connectivity index (χ1) is 12.1. The lowest BCUT2D eigenvalue weighted by Crippen LogP contribution is -2.05. The van der Waals surface area contributed by atoms with E-state index in [4.69, 9.17) is 23.2 Å². The Hall–Kier alpha value is -1.82. The van der Waals surface area contributed by atoms with Crippen molar-refractivity contribution in [2.24, 2.45) is 0 Å². The summed E-state index contributed by atoms with van der Waals surface area (Å²) in [7, 11) is 0. The summed E-state index contributed by atoms with van der Waals surface area (Å²) in [4.78, 5) is 12.4. The molecule has 0 unspecified atom stereocenters. The second kappa shape index (κ2) is 8.04. The molecule has 2 aromatic carbocycles. The van der Waals surface area contributed by atoms with E-state index in [-0.39, 0.29) is 11.5 Å². The average Bonchev–Trinajstić information content (AvgIpc) is 3.03. The Morgan fingerprint density at radius 3 is 2.56 bits per heavy atom. The van der Waals surface area contributed by atoms with Crippen LogP contribution in [0, 0.1) is 0 Å². The monoisotopic (exact) mass is 391 g/mol. The Labute approximate surface area is 160 Å². The summed E-state index contributed by atoms with van der Waals surface area (Å²) in [5, 5.41) is 10.1. The van der Waals surface area contributed by atoms with Gasteiger partial charge < -0.3 is 4.57 Å². The minimum Gasteiger partial charge on any atom is -0.302 e. The molecule has 0 radical (unpaired) electrons. The molecular formula is C18H15Cl2N3OS. The first-order valence-corrected chi connectivity index (χ1v) is 9.44. The molecule has 0 saturated carbocycles. The third-order valence-corrected chi connectivity index (χ3v) is 5.14. The van der Waals surface area contributed by atoms with Crippen molar-refractivity contribution in [1.29, 1.82) is 0 Å². The lowest BCUT2D eigenvalue weighted by Gasteiger charge is -2.07. The summed E-state index contributed by atoms with van der Waals surface area (Å²) in [6.45, 7) is 2.74. The van der Waals surface area contributed by atoms with E-state index in [1.165, 1.54) is 11.8 Å². The average molecular weight is 392 g/mol. The Bertz CT molecular complexity index is 897. The molecule has 4 nitrogen and oxygen atoms in total. The van der Waals surface area contributed by atoms with Gasteiger partial charge in [0.05, 0.1) is 10.8 Å². The zero-order chi connectivity index (χ0) is 17.8. The molecule has 0 spiro atoms. The smallest absolute Gasteiger partial charge is 0.191 e. The number of carbonyl (C=O) groups excluding carboxylic acids is 1. The van der Waals surface area contributed by atoms with Gasteiger partial charge in [-0.1, -0.05) is 65.3 Å². The third-order valence-electron chi connectivity index (χ3n) is 3.63. The predicted molar refractivity (Wildman–Crippen MR) is 103 cm³/mol. The van der Waals surface area contributed by atoms with Gasteiger partial charge in [0, 0.05) is 22.7 Å². The normalized spacial score (nSPS) is 10.8. The molecule has 3 aromatic rings. The van der Waals surface area contributed by atoms with Crippen LogP contribution in [0.25, 0.3) is 11.4 Å². The molecule has 1 aromatic heterocycles. The van der Waals surface area contributed by atoms with E-state index in [9.17, 15) is 4.79 Å². The van der Waals surface area contributed by atoms with Crippen molar-refractivity contribution in [1.82, 2.24) is 14.8 Å². The quantitative estimate of drug-likeness (QED) is 0.425. The number of benzene rings is 2. The molecule has 0 amide bonds. The van der Waals surface area contributed by atoms with E-state index >= 15 is 0 Å². The minimum atomic E-state index is -0.0708. The van der Waals surface area contributed by atoms with Crippen molar-refractivity contribution in [3.63, 3.8) is 0 Å². The number of aromatic nitrogens is 3. The van der Waals surface area contributed by atoms with Crippen LogP contribution < -0.4 is 0 Å². The Morgan fingerprint density at radius 2 is 1.88 bits per heavy atom. The number of hydrogen-bond acceptors (Lipinski definition) is 4. The molecule has 0 N–H and O–H groups in total. The molecular weight excluding hydrogens is 377 g/mol. The van der Waals surface area contributed by atoms with Crippen LogP contribution in [0.2, 0.25) is 10.0 Å². The molecule has 0 bridgehead atoms. The van der Waals surface area contributed by atoms with E-state index < -0.39 is 0 Å². The number of rotatable bonds is 6. The van der Waals surface area contributed by atoms with E-state index in [1.54, 1.807) is 18.2 Å². The highest BCUT2D eigenvalue weighted by Gasteiger charge is 2.16. The van der Waals surface area contributed by atoms with Gasteiger partial charge in [-0.2, -0.15) is 0 Å². The van der Waals surface area contributed by atoms with Gasteiger partial charge in [0.25, 0.3) is 0 Å². The van der Waals surface area contributed by atoms with Gasteiger partial charge in [0.15, 0.2) is 16.8 Å². The molecule has 0 aliphatic carbocycles. The van der Waals surface area contributed by atoms with E-state index in [0.717, 1.165) is 17.9 Å². The fourth-order valence-electron chi connectivity index (χ4n) is 2.40. The van der Waals surface area contributed by atoms with Crippen molar-refractivity contribution < 1.29 is 4.79 Å². The van der Waals surface area contributed by atoms with Crippen LogP contribution in [0.4, 0.5) is 0 Å². The highest BCUT2D eigenvalue weighted by molar-refractivity contribution is 7.99. The van der Waals surface area contributed by atoms with Gasteiger partial charge in [-0.25, -0.2) is 0 Å². The summed E-state index contributed by atoms with van der Waals surface area (Å²) >= 11 is 13.3. The number of thioether (sulfide) groups is 1. The maximum Gasteiger partial charge on any atom is 0.191 e. The van der Waals surface area contributed by atoms with Gasteiger partial charge >= 0.3 is 0 Å². The largest absolute Gasteiger partial charge is 0.302 e. The maximum absolute atomic E-state index is 12.4. The lowest BCUT2D eigenvalue weighted by atomic mass is 10.1. The first-order valence-electron chi connectivity index (χ1n) is 7.69. The van der Waals surface area contributed by atoms with E-state index in [0.29, 0.717) is 20.8 Å². The van der Waals surface area contributed by atoms with Crippen LogP contribution in [0.3, 0.4) is 0 Å². The summed E-state index contributed by atoms with van der Waals surface area (Å²) in [5.74, 6) is 0.954. The van der Waals surface area contributed by atoms with E-state index in [1.807, 2.05) is 41.8 Å². The zero-order valence-electron chi connectivity index (χ0n) is 13.4. The highest BCUT2D eigenvalue weighted by Crippen LogP contribution is 2.26. The number of halogens is 2. The Kier molecular flexibility index (Phi) is 5.78. The van der Waals surface area contributed by atoms with Gasteiger partial charge in [-0.3, -0.25) is 4.79 Å². The Balaban J connectivity index is 1.77. The van der Waals surface area contributed by atoms with Crippen LogP contribution in [-0.4, -0.2) is 26.3 Å². The van der Waals surface area contributed by atoms with E-state index in [2.05, 4.69) is 10.2 Å². The van der Waals surface area contributed by atoms with Crippen LogP contribution in [0.5, 0.6) is 0 Å². The van der Waals surface area contributed by atoms with Gasteiger partial charge in [-0.15, -0.1) is 10.2 Å². The highest BCUT2D eigenvalue weighted by atomic mass is 35.5. The fourth-order valence-corrected chi connectivity index (χ4v) is 3.80. The third kappa shape index (κ3) is 4.06. The summed E-state index contributed by atoms with van der Waals surface area (Å²) in [5.41, 5.74) is 1.46. The first kappa shape index (κ1) is 18.0. The minimum absolute atomic E-state index is 0.0708. The van der Waals surface area contributed by atoms with Crippen molar-refractivity contribution in [2.75, 3.05) is 5.75 Å². The molecule has 0 atom stereocenters. The van der Waals surface area contributed by atoms with Gasteiger partial charge in [0.2, 0.25) is 0 Å². The molecule has 7 heteroatoms. The zero-order valence-corrected chi connectivity index (χ0v) is 15.8. The second-order valence-corrected chi connectivity index (χ2v) is 7.04. The van der Waals surface area contributed by atoms with Crippen molar-refractivity contribution in [3.8, 4) is 11.4 Å². The molecule has 128 valence electrons. The molecule has 3 rings (SSSR count). The van der Waals surface area contributed by atoms with Gasteiger partial charge in [0.1, 0.15) is 0 Å². The second-order valence-electron chi connectivity index (χ2n) is 5.25. The van der Waals surface area contributed by atoms with Crippen LogP contribution in [0.15, 0.2) is 53.7 Å². The molecule has 0 saturated heterocycles. The maximum atomic E-state index is 12.4. The van der Waals surface area contributed by atoms with Crippen LogP contribution >= 0.6 is 35.0 Å². The number of nitrogens with zero attached hydrogens (tertiary/aromatic N) is 3. The number of ketones is 1. The molecule has 1 heterocycles. The Morgan fingerprint density at radius 1 is 1.12 bits per heavy atom. The number of hydrogen-bond donors (Lipinski definition) is 0. The molecule has 25 heavy (non-hydrogen) atoms. The topological polar surface area (TPSA) is 47.8 Å². The van der Waals surface area contributed by atoms with Crippen molar-refractivity contribution in [2.45, 2.75) is 18.6 Å².